The number of nitrogens with one attached hydrogen (secondary N) is 1. The lowest BCUT2D eigenvalue weighted by atomic mass is 10.1. The summed E-state index contributed by atoms with van der Waals surface area (Å²) in [7, 11) is 0. The van der Waals surface area contributed by atoms with Crippen LogP contribution in [0.2, 0.25) is 0 Å². The fraction of sp³-hybridized carbons (Fsp3) is 0.471. The van der Waals surface area contributed by atoms with E-state index >= 15 is 0 Å². The maximum absolute atomic E-state index is 11.9. The van der Waals surface area contributed by atoms with Crippen molar-refractivity contribution in [1.82, 2.24) is 10.2 Å². The van der Waals surface area contributed by atoms with Gasteiger partial charge in [0, 0.05) is 12.3 Å². The fourth-order valence-corrected chi connectivity index (χ4v) is 3.24. The van der Waals surface area contributed by atoms with Crippen LogP contribution in [-0.2, 0) is 4.79 Å². The molecule has 6 heteroatoms. The van der Waals surface area contributed by atoms with E-state index in [-0.39, 0.29) is 5.91 Å². The van der Waals surface area contributed by atoms with Crippen molar-refractivity contribution in [2.75, 3.05) is 11.9 Å². The van der Waals surface area contributed by atoms with Gasteiger partial charge >= 0.3 is 0 Å². The molecule has 0 aliphatic rings. The van der Waals surface area contributed by atoms with Crippen LogP contribution in [0, 0.1) is 0 Å². The van der Waals surface area contributed by atoms with Crippen molar-refractivity contribution in [3.63, 3.8) is 0 Å². The summed E-state index contributed by atoms with van der Waals surface area (Å²) in [6.45, 7) is 4.80. The summed E-state index contributed by atoms with van der Waals surface area (Å²) in [5.41, 5.74) is 0. The first kappa shape index (κ1) is 17.4. The predicted octanol–water partition coefficient (Wildman–Crippen LogP) is 4.24. The topological polar surface area (TPSA) is 64.1 Å². The summed E-state index contributed by atoms with van der Waals surface area (Å²) in [6.07, 6.45) is 3.15. The summed E-state index contributed by atoms with van der Waals surface area (Å²) in [5.74, 6) is 1.21. The number of anilines is 1. The van der Waals surface area contributed by atoms with Gasteiger partial charge in [0.25, 0.3) is 0 Å². The normalized spacial score (nSPS) is 10.7. The summed E-state index contributed by atoms with van der Waals surface area (Å²) < 4.78 is 5.57. The monoisotopic (exact) mass is 333 g/mol. The minimum absolute atomic E-state index is 0.0473. The maximum atomic E-state index is 11.9. The first-order valence-electron chi connectivity index (χ1n) is 8.04. The van der Waals surface area contributed by atoms with Crippen molar-refractivity contribution >= 4 is 22.4 Å². The maximum Gasteiger partial charge on any atom is 0.226 e. The van der Waals surface area contributed by atoms with Gasteiger partial charge in [-0.05, 0) is 31.4 Å². The van der Waals surface area contributed by atoms with Gasteiger partial charge in [-0.25, -0.2) is 0 Å². The van der Waals surface area contributed by atoms with Gasteiger partial charge in [-0.2, -0.15) is 0 Å². The van der Waals surface area contributed by atoms with E-state index in [0.29, 0.717) is 30.5 Å². The Morgan fingerprint density at radius 2 is 1.96 bits per heavy atom. The molecular weight excluding hydrogens is 310 g/mol. The van der Waals surface area contributed by atoms with Gasteiger partial charge in [0.15, 0.2) is 0 Å². The number of nitrogens with zero attached hydrogens (tertiary/aromatic N) is 2. The third kappa shape index (κ3) is 5.63. The molecule has 1 heterocycles. The number of hydrogen-bond acceptors (Lipinski definition) is 5. The highest BCUT2D eigenvalue weighted by Gasteiger charge is 2.14. The van der Waals surface area contributed by atoms with Gasteiger partial charge in [0.1, 0.15) is 10.8 Å². The molecule has 2 rings (SSSR count). The van der Waals surface area contributed by atoms with Crippen molar-refractivity contribution in [3.8, 4) is 5.75 Å². The Balaban J connectivity index is 1.70. The van der Waals surface area contributed by atoms with Crippen LogP contribution in [0.3, 0.4) is 0 Å². The Morgan fingerprint density at radius 1 is 1.22 bits per heavy atom. The molecular formula is C17H23N3O2S. The van der Waals surface area contributed by atoms with Gasteiger partial charge in [0.05, 0.1) is 6.61 Å². The Morgan fingerprint density at radius 3 is 2.65 bits per heavy atom. The number of carbonyl (C=O) groups excluding carboxylic acids is 1. The number of hydrogen-bond donors (Lipinski definition) is 1. The second-order valence-corrected chi connectivity index (χ2v) is 6.28. The summed E-state index contributed by atoms with van der Waals surface area (Å²) >= 11 is 1.47. The molecule has 0 aliphatic carbocycles. The van der Waals surface area contributed by atoms with Crippen LogP contribution >= 0.6 is 11.3 Å². The van der Waals surface area contributed by atoms with Gasteiger partial charge in [-0.15, -0.1) is 10.2 Å². The van der Waals surface area contributed by atoms with Crippen molar-refractivity contribution in [3.05, 3.63) is 35.3 Å². The molecule has 0 unspecified atom stereocenters. The van der Waals surface area contributed by atoms with Gasteiger partial charge in [0.2, 0.25) is 11.0 Å². The zero-order valence-corrected chi connectivity index (χ0v) is 14.4. The molecule has 0 saturated heterocycles. The molecule has 2 aromatic rings. The highest BCUT2D eigenvalue weighted by molar-refractivity contribution is 7.15. The highest BCUT2D eigenvalue weighted by Crippen LogP contribution is 2.28. The Hall–Kier alpha value is -1.95. The fourth-order valence-electron chi connectivity index (χ4n) is 2.21. The SMILES string of the molecule is CCC(CC)c1nnc(NC(=O)CCCOc2ccccc2)s1. The number of ether oxygens (including phenoxy) is 1. The minimum atomic E-state index is -0.0473. The lowest BCUT2D eigenvalue weighted by molar-refractivity contribution is -0.116. The van der Waals surface area contributed by atoms with Crippen LogP contribution in [0.15, 0.2) is 30.3 Å². The smallest absolute Gasteiger partial charge is 0.226 e. The number of amides is 1. The molecule has 1 N–H and O–H groups in total. The minimum Gasteiger partial charge on any atom is -0.494 e. The first-order chi connectivity index (χ1) is 11.2. The van der Waals surface area contributed by atoms with Crippen LogP contribution in [-0.4, -0.2) is 22.7 Å². The van der Waals surface area contributed by atoms with E-state index in [1.54, 1.807) is 0 Å². The standard InChI is InChI=1S/C17H23N3O2S/c1-3-13(4-2)16-19-20-17(23-16)18-15(21)11-8-12-22-14-9-6-5-7-10-14/h5-7,9-10,13H,3-4,8,11-12H2,1-2H3,(H,18,20,21). The number of aromatic nitrogens is 2. The number of para-hydroxylation sites is 1. The molecule has 0 saturated carbocycles. The molecule has 124 valence electrons. The molecule has 1 aromatic carbocycles. The van der Waals surface area contributed by atoms with Crippen molar-refractivity contribution in [2.24, 2.45) is 0 Å². The second-order valence-electron chi connectivity index (χ2n) is 5.27. The summed E-state index contributed by atoms with van der Waals surface area (Å²) in [4.78, 5) is 11.9. The Labute approximate surface area is 141 Å². The van der Waals surface area contributed by atoms with Gasteiger partial charge in [-0.1, -0.05) is 43.4 Å². The highest BCUT2D eigenvalue weighted by atomic mass is 32.1. The predicted molar refractivity (Wildman–Crippen MR) is 93.0 cm³/mol. The third-order valence-electron chi connectivity index (χ3n) is 3.58. The van der Waals surface area contributed by atoms with Crippen LogP contribution < -0.4 is 10.1 Å². The van der Waals surface area contributed by atoms with Gasteiger partial charge < -0.3 is 10.1 Å². The van der Waals surface area contributed by atoms with E-state index < -0.39 is 0 Å². The molecule has 0 radical (unpaired) electrons. The molecule has 0 spiro atoms. The third-order valence-corrected chi connectivity index (χ3v) is 4.58. The quantitative estimate of drug-likeness (QED) is 0.697. The van der Waals surface area contributed by atoms with Crippen LogP contribution in [0.25, 0.3) is 0 Å². The molecule has 0 aliphatic heterocycles. The van der Waals surface area contributed by atoms with E-state index in [0.717, 1.165) is 23.6 Å². The Bertz CT molecular complexity index is 597. The zero-order valence-electron chi connectivity index (χ0n) is 13.6. The van der Waals surface area contributed by atoms with Crippen molar-refractivity contribution < 1.29 is 9.53 Å². The van der Waals surface area contributed by atoms with E-state index in [1.165, 1.54) is 11.3 Å². The van der Waals surface area contributed by atoms with Gasteiger partial charge in [-0.3, -0.25) is 4.79 Å². The molecule has 23 heavy (non-hydrogen) atoms. The summed E-state index contributed by atoms with van der Waals surface area (Å²) in [5, 5.41) is 12.6. The average molecular weight is 333 g/mol. The summed E-state index contributed by atoms with van der Waals surface area (Å²) in [6, 6.07) is 9.60. The average Bonchev–Trinajstić information content (AvgIpc) is 3.02. The molecule has 0 bridgehead atoms. The van der Waals surface area contributed by atoms with Crippen molar-refractivity contribution in [2.45, 2.75) is 45.4 Å². The van der Waals surface area contributed by atoms with E-state index in [2.05, 4.69) is 29.4 Å². The Kier molecular flexibility index (Phi) is 7.00. The van der Waals surface area contributed by atoms with E-state index in [4.69, 9.17) is 4.74 Å². The molecule has 1 aromatic heterocycles. The van der Waals surface area contributed by atoms with E-state index in [9.17, 15) is 4.79 Å². The lowest BCUT2D eigenvalue weighted by Gasteiger charge is -2.06. The van der Waals surface area contributed by atoms with E-state index in [1.807, 2.05) is 30.3 Å². The van der Waals surface area contributed by atoms with Crippen LogP contribution in [0.4, 0.5) is 5.13 Å². The lowest BCUT2D eigenvalue weighted by Crippen LogP contribution is -2.12. The zero-order chi connectivity index (χ0) is 16.5. The molecule has 0 fully saturated rings. The molecule has 1 amide bonds. The first-order valence-corrected chi connectivity index (χ1v) is 8.85. The second kappa shape index (κ2) is 9.25. The number of benzene rings is 1. The van der Waals surface area contributed by atoms with Crippen molar-refractivity contribution in [1.29, 1.82) is 0 Å². The van der Waals surface area contributed by atoms with Crippen LogP contribution in [0.5, 0.6) is 5.75 Å². The molecule has 0 atom stereocenters. The number of carbonyl (C=O) groups is 1. The molecule has 5 nitrogen and oxygen atoms in total. The van der Waals surface area contributed by atoms with Crippen LogP contribution in [0.1, 0.15) is 50.5 Å². The number of rotatable bonds is 9. The largest absolute Gasteiger partial charge is 0.494 e.